The van der Waals surface area contributed by atoms with E-state index in [0.717, 1.165) is 4.68 Å². The monoisotopic (exact) mass is 326 g/mol. The first kappa shape index (κ1) is 18.0. The van der Waals surface area contributed by atoms with Gasteiger partial charge in [0, 0.05) is 0 Å². The zero-order valence-electron chi connectivity index (χ0n) is 13.0. The van der Waals surface area contributed by atoms with Crippen LogP contribution in [0.5, 0.6) is 0 Å². The number of imide groups is 1. The van der Waals surface area contributed by atoms with Gasteiger partial charge < -0.3 is 15.2 Å². The molecule has 0 radical (unpaired) electrons. The maximum atomic E-state index is 12.0. The van der Waals surface area contributed by atoms with E-state index in [1.165, 1.54) is 13.0 Å². The summed E-state index contributed by atoms with van der Waals surface area (Å²) in [6.45, 7) is 4.98. The lowest BCUT2D eigenvalue weighted by atomic mass is 10.2. The zero-order valence-corrected chi connectivity index (χ0v) is 13.0. The number of hydrogen-bond donors (Lipinski definition) is 3. The second kappa shape index (κ2) is 7.82. The molecular weight excluding hydrogens is 308 g/mol. The molecule has 0 aliphatic rings. The van der Waals surface area contributed by atoms with Crippen molar-refractivity contribution in [2.75, 3.05) is 18.6 Å². The number of nitrogens with one attached hydrogen (secondary N) is 2. The first-order valence-corrected chi connectivity index (χ1v) is 6.75. The van der Waals surface area contributed by atoms with Crippen molar-refractivity contribution < 1.29 is 28.7 Å². The standard InChI is InChI=1S/C13H18N4O6/c1-4-22-10(18)8-6-9(11(19)23-5-2)17(7(8)3)16-13(21)15-12(14)20/h6H,4-5H2,1-3H3,(H4,14,15,16,20,21). The fourth-order valence-electron chi connectivity index (χ4n) is 1.76. The third-order valence-corrected chi connectivity index (χ3v) is 2.68. The van der Waals surface area contributed by atoms with Crippen LogP contribution in [-0.2, 0) is 9.47 Å². The molecule has 23 heavy (non-hydrogen) atoms. The Hall–Kier alpha value is -3.04. The second-order valence-electron chi connectivity index (χ2n) is 4.24. The normalized spacial score (nSPS) is 9.87. The summed E-state index contributed by atoms with van der Waals surface area (Å²) in [4.78, 5) is 46.1. The molecule has 0 atom stereocenters. The number of carbonyl (C=O) groups is 4. The highest BCUT2D eigenvalue weighted by Gasteiger charge is 2.24. The summed E-state index contributed by atoms with van der Waals surface area (Å²) < 4.78 is 10.8. The van der Waals surface area contributed by atoms with Crippen LogP contribution in [0.15, 0.2) is 6.07 Å². The van der Waals surface area contributed by atoms with Gasteiger partial charge in [0.15, 0.2) is 0 Å². The Morgan fingerprint density at radius 2 is 1.70 bits per heavy atom. The third-order valence-electron chi connectivity index (χ3n) is 2.68. The van der Waals surface area contributed by atoms with Crippen LogP contribution in [0.4, 0.5) is 9.59 Å². The molecule has 10 nitrogen and oxygen atoms in total. The lowest BCUT2D eigenvalue weighted by Gasteiger charge is -2.12. The number of aromatic nitrogens is 1. The average molecular weight is 326 g/mol. The topological polar surface area (TPSA) is 142 Å². The number of hydrogen-bond acceptors (Lipinski definition) is 6. The van der Waals surface area contributed by atoms with Gasteiger partial charge in [-0.25, -0.2) is 29.3 Å². The Morgan fingerprint density at radius 3 is 2.22 bits per heavy atom. The van der Waals surface area contributed by atoms with Gasteiger partial charge in [-0.3, -0.25) is 5.32 Å². The van der Waals surface area contributed by atoms with Gasteiger partial charge in [0.2, 0.25) is 0 Å². The molecular formula is C13H18N4O6. The Labute approximate surface area is 131 Å². The van der Waals surface area contributed by atoms with E-state index in [4.69, 9.17) is 15.2 Å². The SMILES string of the molecule is CCOC(=O)c1cc(C(=O)OCC)n(NC(=O)NC(N)=O)c1C. The van der Waals surface area contributed by atoms with E-state index in [2.05, 4.69) is 5.43 Å². The van der Waals surface area contributed by atoms with Crippen molar-refractivity contribution in [1.29, 1.82) is 0 Å². The van der Waals surface area contributed by atoms with Crippen molar-refractivity contribution in [3.8, 4) is 0 Å². The number of urea groups is 2. The number of nitrogens with zero attached hydrogens (tertiary/aromatic N) is 1. The zero-order chi connectivity index (χ0) is 17.6. The minimum Gasteiger partial charge on any atom is -0.462 e. The molecule has 0 aromatic carbocycles. The van der Waals surface area contributed by atoms with Gasteiger partial charge in [0.25, 0.3) is 0 Å². The lowest BCUT2D eigenvalue weighted by molar-refractivity contribution is 0.0513. The molecule has 0 fully saturated rings. The Bertz CT molecular complexity index is 637. The van der Waals surface area contributed by atoms with Crippen molar-refractivity contribution in [2.24, 2.45) is 5.73 Å². The van der Waals surface area contributed by atoms with E-state index in [-0.39, 0.29) is 30.2 Å². The highest BCUT2D eigenvalue weighted by atomic mass is 16.5. The fourth-order valence-corrected chi connectivity index (χ4v) is 1.76. The molecule has 1 rings (SSSR count). The van der Waals surface area contributed by atoms with Crippen LogP contribution in [-0.4, -0.2) is 41.9 Å². The van der Waals surface area contributed by atoms with E-state index >= 15 is 0 Å². The van der Waals surface area contributed by atoms with Gasteiger partial charge in [-0.1, -0.05) is 0 Å². The number of ether oxygens (including phenoxy) is 2. The maximum Gasteiger partial charge on any atom is 0.356 e. The van der Waals surface area contributed by atoms with Crippen molar-refractivity contribution in [2.45, 2.75) is 20.8 Å². The number of amides is 4. The van der Waals surface area contributed by atoms with E-state index in [1.807, 2.05) is 0 Å². The smallest absolute Gasteiger partial charge is 0.356 e. The number of nitrogens with two attached hydrogens (primary N) is 1. The quantitative estimate of drug-likeness (QED) is 0.672. The molecule has 0 aliphatic carbocycles. The van der Waals surface area contributed by atoms with Gasteiger partial charge in [-0.05, 0) is 26.8 Å². The molecule has 0 bridgehead atoms. The number of carbonyl (C=O) groups excluding carboxylic acids is 4. The summed E-state index contributed by atoms with van der Waals surface area (Å²) in [5.41, 5.74) is 7.26. The predicted octanol–water partition coefficient (Wildman–Crippen LogP) is 0.482. The summed E-state index contributed by atoms with van der Waals surface area (Å²) in [5, 5.41) is 1.78. The largest absolute Gasteiger partial charge is 0.462 e. The molecule has 0 spiro atoms. The van der Waals surface area contributed by atoms with E-state index in [9.17, 15) is 19.2 Å². The second-order valence-corrected chi connectivity index (χ2v) is 4.24. The van der Waals surface area contributed by atoms with Crippen LogP contribution in [0.3, 0.4) is 0 Å². The van der Waals surface area contributed by atoms with E-state index < -0.39 is 24.0 Å². The Morgan fingerprint density at radius 1 is 1.13 bits per heavy atom. The van der Waals surface area contributed by atoms with Gasteiger partial charge >= 0.3 is 24.0 Å². The number of esters is 2. The average Bonchev–Trinajstić information content (AvgIpc) is 2.76. The summed E-state index contributed by atoms with van der Waals surface area (Å²) in [6, 6.07) is -0.816. The van der Waals surface area contributed by atoms with Crippen LogP contribution in [0, 0.1) is 6.92 Å². The van der Waals surface area contributed by atoms with Crippen molar-refractivity contribution in [1.82, 2.24) is 9.99 Å². The number of primary amides is 1. The van der Waals surface area contributed by atoms with Gasteiger partial charge in [0.1, 0.15) is 5.69 Å². The predicted molar refractivity (Wildman–Crippen MR) is 78.6 cm³/mol. The van der Waals surface area contributed by atoms with Crippen molar-refractivity contribution in [3.05, 3.63) is 23.0 Å². The summed E-state index contributed by atoms with van der Waals surface area (Å²) in [6.07, 6.45) is 0. The third kappa shape index (κ3) is 4.46. The summed E-state index contributed by atoms with van der Waals surface area (Å²) in [5.74, 6) is -1.42. The van der Waals surface area contributed by atoms with Crippen LogP contribution >= 0.6 is 0 Å². The van der Waals surface area contributed by atoms with Crippen LogP contribution in [0.2, 0.25) is 0 Å². The molecule has 1 aromatic rings. The molecule has 0 aliphatic heterocycles. The Balaban J connectivity index is 3.22. The first-order valence-electron chi connectivity index (χ1n) is 6.75. The van der Waals surface area contributed by atoms with E-state index in [0.29, 0.717) is 0 Å². The Kier molecular flexibility index (Phi) is 6.13. The highest BCUT2D eigenvalue weighted by molar-refractivity contribution is 5.99. The molecule has 0 saturated heterocycles. The van der Waals surface area contributed by atoms with Gasteiger partial charge in [0.05, 0.1) is 24.5 Å². The molecule has 4 amide bonds. The summed E-state index contributed by atoms with van der Waals surface area (Å²) >= 11 is 0. The minimum absolute atomic E-state index is 0.0780. The highest BCUT2D eigenvalue weighted by Crippen LogP contribution is 2.16. The van der Waals surface area contributed by atoms with Crippen molar-refractivity contribution >= 4 is 24.0 Å². The van der Waals surface area contributed by atoms with Crippen LogP contribution in [0.1, 0.15) is 40.4 Å². The van der Waals surface area contributed by atoms with Gasteiger partial charge in [-0.15, -0.1) is 0 Å². The van der Waals surface area contributed by atoms with Gasteiger partial charge in [-0.2, -0.15) is 0 Å². The molecule has 4 N–H and O–H groups in total. The molecule has 1 heterocycles. The molecule has 10 heteroatoms. The number of rotatable bonds is 5. The maximum absolute atomic E-state index is 12.0. The molecule has 126 valence electrons. The van der Waals surface area contributed by atoms with Crippen LogP contribution in [0.25, 0.3) is 0 Å². The summed E-state index contributed by atoms with van der Waals surface area (Å²) in [7, 11) is 0. The van der Waals surface area contributed by atoms with Crippen LogP contribution < -0.4 is 16.5 Å². The first-order chi connectivity index (χ1) is 10.8. The lowest BCUT2D eigenvalue weighted by Crippen LogP contribution is -2.42. The van der Waals surface area contributed by atoms with E-state index in [1.54, 1.807) is 19.2 Å². The molecule has 0 unspecified atom stereocenters. The fraction of sp³-hybridized carbons (Fsp3) is 0.385. The van der Waals surface area contributed by atoms with Crippen molar-refractivity contribution in [3.63, 3.8) is 0 Å². The minimum atomic E-state index is -1.07. The molecule has 0 saturated carbocycles. The molecule has 1 aromatic heterocycles.